The van der Waals surface area contributed by atoms with E-state index in [4.69, 9.17) is 0 Å². The van der Waals surface area contributed by atoms with Crippen molar-refractivity contribution in [3.05, 3.63) is 24.0 Å². The number of carbonyl (C=O) groups is 1. The number of piperidine rings is 1. The summed E-state index contributed by atoms with van der Waals surface area (Å²) in [5, 5.41) is 3.54. The molecule has 0 aromatic carbocycles. The van der Waals surface area contributed by atoms with Crippen LogP contribution in [-0.4, -0.2) is 34.9 Å². The van der Waals surface area contributed by atoms with Gasteiger partial charge in [-0.05, 0) is 43.7 Å². The van der Waals surface area contributed by atoms with Crippen molar-refractivity contribution in [2.75, 3.05) is 18.4 Å². The lowest BCUT2D eigenvalue weighted by Crippen LogP contribution is -2.39. The van der Waals surface area contributed by atoms with Gasteiger partial charge in [0.25, 0.3) is 5.91 Å². The zero-order chi connectivity index (χ0) is 14.7. The van der Waals surface area contributed by atoms with Crippen LogP contribution in [0.3, 0.4) is 0 Å². The summed E-state index contributed by atoms with van der Waals surface area (Å²) in [6, 6.07) is 4.44. The zero-order valence-electron chi connectivity index (χ0n) is 12.8. The lowest BCUT2D eigenvalue weighted by molar-refractivity contribution is 0.0677. The number of nitrogens with one attached hydrogen (secondary N) is 1. The van der Waals surface area contributed by atoms with Gasteiger partial charge < -0.3 is 10.2 Å². The van der Waals surface area contributed by atoms with Gasteiger partial charge in [-0.25, -0.2) is 0 Å². The molecule has 2 heterocycles. The normalized spacial score (nSPS) is 23.3. The number of hydrogen-bond donors (Lipinski definition) is 1. The molecule has 2 fully saturated rings. The van der Waals surface area contributed by atoms with Gasteiger partial charge in [0.2, 0.25) is 0 Å². The number of carbonyl (C=O) groups excluding carboxylic acids is 1. The van der Waals surface area contributed by atoms with E-state index in [2.05, 4.69) is 17.2 Å². The van der Waals surface area contributed by atoms with Crippen LogP contribution < -0.4 is 5.32 Å². The minimum Gasteiger partial charge on any atom is -0.382 e. The monoisotopic (exact) mass is 287 g/mol. The smallest absolute Gasteiger partial charge is 0.272 e. The van der Waals surface area contributed by atoms with Crippen LogP contribution in [0.2, 0.25) is 0 Å². The molecule has 1 saturated carbocycles. The molecule has 1 N–H and O–H groups in total. The second kappa shape index (κ2) is 6.46. The zero-order valence-corrected chi connectivity index (χ0v) is 12.8. The van der Waals surface area contributed by atoms with Crippen LogP contribution in [0, 0.1) is 5.92 Å². The van der Waals surface area contributed by atoms with Gasteiger partial charge in [0.15, 0.2) is 0 Å². The molecule has 21 heavy (non-hydrogen) atoms. The second-order valence-corrected chi connectivity index (χ2v) is 6.55. The Bertz CT molecular complexity index is 497. The number of nitrogens with zero attached hydrogens (tertiary/aromatic N) is 2. The highest BCUT2D eigenvalue weighted by Gasteiger charge is 2.23. The van der Waals surface area contributed by atoms with E-state index in [1.807, 2.05) is 17.0 Å². The molecule has 4 heteroatoms. The van der Waals surface area contributed by atoms with Gasteiger partial charge in [0, 0.05) is 31.0 Å². The van der Waals surface area contributed by atoms with Gasteiger partial charge in [0.05, 0.1) is 0 Å². The molecular formula is C17H25N3O. The first-order valence-corrected chi connectivity index (χ1v) is 8.24. The third-order valence-corrected chi connectivity index (χ3v) is 4.65. The third kappa shape index (κ3) is 3.55. The molecular weight excluding hydrogens is 262 g/mol. The predicted molar refractivity (Wildman–Crippen MR) is 84.4 cm³/mol. The number of likely N-dealkylation sites (tertiary alicyclic amines) is 1. The van der Waals surface area contributed by atoms with Gasteiger partial charge in [-0.1, -0.05) is 19.8 Å². The molecule has 1 aromatic heterocycles. The number of amides is 1. The number of hydrogen-bond acceptors (Lipinski definition) is 3. The van der Waals surface area contributed by atoms with Crippen molar-refractivity contribution in [3.63, 3.8) is 0 Å². The fourth-order valence-electron chi connectivity index (χ4n) is 3.48. The maximum absolute atomic E-state index is 12.6. The molecule has 1 atom stereocenters. The lowest BCUT2D eigenvalue weighted by atomic mass is 10.00. The van der Waals surface area contributed by atoms with Crippen molar-refractivity contribution in [3.8, 4) is 0 Å². The molecule has 1 unspecified atom stereocenters. The minimum absolute atomic E-state index is 0.0802. The highest BCUT2D eigenvalue weighted by molar-refractivity contribution is 5.93. The quantitative estimate of drug-likeness (QED) is 0.927. The number of anilines is 1. The summed E-state index contributed by atoms with van der Waals surface area (Å²) < 4.78 is 0. The lowest BCUT2D eigenvalue weighted by Gasteiger charge is -2.30. The van der Waals surface area contributed by atoms with E-state index in [1.165, 1.54) is 32.1 Å². The molecule has 0 spiro atoms. The average molecular weight is 287 g/mol. The molecule has 1 saturated heterocycles. The maximum Gasteiger partial charge on any atom is 0.272 e. The van der Waals surface area contributed by atoms with Gasteiger partial charge in [-0.15, -0.1) is 0 Å². The van der Waals surface area contributed by atoms with Crippen LogP contribution in [0.5, 0.6) is 0 Å². The fourth-order valence-corrected chi connectivity index (χ4v) is 3.48. The van der Waals surface area contributed by atoms with Gasteiger partial charge >= 0.3 is 0 Å². The summed E-state index contributed by atoms with van der Waals surface area (Å²) in [5.41, 5.74) is 1.61. The molecule has 1 aliphatic heterocycles. The summed E-state index contributed by atoms with van der Waals surface area (Å²) in [4.78, 5) is 18.8. The summed E-state index contributed by atoms with van der Waals surface area (Å²) in [6.07, 6.45) is 9.15. The van der Waals surface area contributed by atoms with Gasteiger partial charge in [-0.3, -0.25) is 9.78 Å². The average Bonchev–Trinajstić information content (AvgIpc) is 3.00. The van der Waals surface area contributed by atoms with E-state index in [9.17, 15) is 4.79 Å². The Kier molecular flexibility index (Phi) is 4.42. The van der Waals surface area contributed by atoms with Crippen molar-refractivity contribution < 1.29 is 4.79 Å². The van der Waals surface area contributed by atoms with E-state index >= 15 is 0 Å². The second-order valence-electron chi connectivity index (χ2n) is 6.55. The predicted octanol–water partition coefficient (Wildman–Crippen LogP) is 3.31. The summed E-state index contributed by atoms with van der Waals surface area (Å²) in [5.74, 6) is 0.680. The van der Waals surface area contributed by atoms with Crippen LogP contribution in [-0.2, 0) is 0 Å². The molecule has 0 radical (unpaired) electrons. The Balaban J connectivity index is 1.68. The Labute approximate surface area is 126 Å². The molecule has 1 aromatic rings. The topological polar surface area (TPSA) is 45.2 Å². The SMILES string of the molecule is CC1CCCN(C(=O)c2cc(NC3CCCC3)ccn2)C1. The maximum atomic E-state index is 12.6. The first kappa shape index (κ1) is 14.4. The molecule has 1 amide bonds. The number of pyridine rings is 1. The van der Waals surface area contributed by atoms with Gasteiger partial charge in [-0.2, -0.15) is 0 Å². The summed E-state index contributed by atoms with van der Waals surface area (Å²) in [6.45, 7) is 3.94. The first-order valence-electron chi connectivity index (χ1n) is 8.24. The molecule has 0 bridgehead atoms. The van der Waals surface area contributed by atoms with Crippen molar-refractivity contribution in [1.82, 2.24) is 9.88 Å². The van der Waals surface area contributed by atoms with Crippen LogP contribution in [0.4, 0.5) is 5.69 Å². The Morgan fingerprint density at radius 2 is 2.10 bits per heavy atom. The molecule has 3 rings (SSSR count). The summed E-state index contributed by atoms with van der Waals surface area (Å²) in [7, 11) is 0. The number of aromatic nitrogens is 1. The van der Waals surface area contributed by atoms with E-state index in [-0.39, 0.29) is 5.91 Å². The van der Waals surface area contributed by atoms with Crippen LogP contribution in [0.15, 0.2) is 18.3 Å². The van der Waals surface area contributed by atoms with E-state index in [0.717, 1.165) is 25.2 Å². The highest BCUT2D eigenvalue weighted by atomic mass is 16.2. The highest BCUT2D eigenvalue weighted by Crippen LogP contribution is 2.23. The summed E-state index contributed by atoms with van der Waals surface area (Å²) >= 11 is 0. The first-order chi connectivity index (χ1) is 10.2. The van der Waals surface area contributed by atoms with E-state index in [0.29, 0.717) is 17.7 Å². The Morgan fingerprint density at radius 1 is 1.29 bits per heavy atom. The minimum atomic E-state index is 0.0802. The van der Waals surface area contributed by atoms with Crippen LogP contribution >= 0.6 is 0 Å². The largest absolute Gasteiger partial charge is 0.382 e. The van der Waals surface area contributed by atoms with Crippen molar-refractivity contribution >= 4 is 11.6 Å². The molecule has 2 aliphatic rings. The van der Waals surface area contributed by atoms with Crippen molar-refractivity contribution in [1.29, 1.82) is 0 Å². The van der Waals surface area contributed by atoms with Crippen LogP contribution in [0.25, 0.3) is 0 Å². The van der Waals surface area contributed by atoms with Crippen molar-refractivity contribution in [2.24, 2.45) is 5.92 Å². The molecule has 4 nitrogen and oxygen atoms in total. The van der Waals surface area contributed by atoms with Crippen LogP contribution in [0.1, 0.15) is 55.9 Å². The third-order valence-electron chi connectivity index (χ3n) is 4.65. The number of rotatable bonds is 3. The Morgan fingerprint density at radius 3 is 2.86 bits per heavy atom. The van der Waals surface area contributed by atoms with Crippen molar-refractivity contribution in [2.45, 2.75) is 51.5 Å². The van der Waals surface area contributed by atoms with Gasteiger partial charge in [0.1, 0.15) is 5.69 Å². The van der Waals surface area contributed by atoms with E-state index in [1.54, 1.807) is 6.20 Å². The Hall–Kier alpha value is -1.58. The fraction of sp³-hybridized carbons (Fsp3) is 0.647. The molecule has 114 valence electrons. The molecule has 1 aliphatic carbocycles. The van der Waals surface area contributed by atoms with E-state index < -0.39 is 0 Å². The standard InChI is InChI=1S/C17H25N3O/c1-13-5-4-10-20(12-13)17(21)16-11-15(8-9-18-16)19-14-6-2-3-7-14/h8-9,11,13-14H,2-7,10,12H2,1H3,(H,18,19).